The summed E-state index contributed by atoms with van der Waals surface area (Å²) < 4.78 is 22.0. The summed E-state index contributed by atoms with van der Waals surface area (Å²) in [5, 5.41) is 15.7. The molecule has 0 amide bonds. The number of methoxy groups -OCH3 is 1. The van der Waals surface area contributed by atoms with Crippen molar-refractivity contribution in [3.63, 3.8) is 0 Å². The highest BCUT2D eigenvalue weighted by molar-refractivity contribution is 6.29. The van der Waals surface area contributed by atoms with E-state index in [4.69, 9.17) is 31.5 Å². The maximum atomic E-state index is 10.3. The maximum Gasteiger partial charge on any atom is 0.226 e. The van der Waals surface area contributed by atoms with Gasteiger partial charge in [-0.05, 0) is 55.6 Å². The monoisotopic (exact) mass is 510 g/mol. The highest BCUT2D eigenvalue weighted by Crippen LogP contribution is 2.53. The van der Waals surface area contributed by atoms with Gasteiger partial charge in [0.1, 0.15) is 29.1 Å². The van der Waals surface area contributed by atoms with Crippen molar-refractivity contribution in [2.75, 3.05) is 12.8 Å². The number of rotatable bonds is 4. The van der Waals surface area contributed by atoms with Gasteiger partial charge in [0.25, 0.3) is 0 Å². The number of nitrogen functional groups attached to an aromatic ring is 1. The molecule has 0 bridgehead atoms. The Hall–Kier alpha value is -3.34. The van der Waals surface area contributed by atoms with Crippen LogP contribution in [0.15, 0.2) is 36.7 Å². The van der Waals surface area contributed by atoms with Crippen LogP contribution in [0.4, 0.5) is 5.82 Å². The number of aromatic nitrogens is 5. The van der Waals surface area contributed by atoms with E-state index in [-0.39, 0.29) is 41.0 Å². The number of anilines is 1. The summed E-state index contributed by atoms with van der Waals surface area (Å²) in [5.41, 5.74) is 9.45. The van der Waals surface area contributed by atoms with Crippen molar-refractivity contribution in [2.24, 2.45) is 7.05 Å². The molecule has 188 valence electrons. The molecule has 1 aliphatic heterocycles. The number of halogens is 1. The van der Waals surface area contributed by atoms with Gasteiger partial charge in [0, 0.05) is 37.0 Å². The van der Waals surface area contributed by atoms with Crippen molar-refractivity contribution < 1.29 is 19.3 Å². The average Bonchev–Trinajstić information content (AvgIpc) is 3.54. The minimum atomic E-state index is -0.772. The quantitative estimate of drug-likeness (QED) is 0.394. The fraction of sp³-hybridized carbons (Fsp3) is 0.400. The Balaban J connectivity index is 1.51. The third kappa shape index (κ3) is 3.68. The summed E-state index contributed by atoms with van der Waals surface area (Å²) in [6.45, 7) is 3.82. The standard InChI is InChI=1S/C25H27ClN6O4/c1-25(2)35-20-15(12-7-13(33)9-14(8-12)34-4)10-18(21(20)36-25)32-11-16(17-5-6-31(3)30-17)19-22(27)28-24(26)29-23(19)32/h5-9,11,15,18,20-21,33H,10H2,1-4H3,(H2,27,28,29)/t15-,18-,20-,21+/m1/s1. The largest absolute Gasteiger partial charge is 0.508 e. The fourth-order valence-corrected chi connectivity index (χ4v) is 5.81. The number of phenolic OH excluding ortho intramolecular Hbond substituents is 1. The molecule has 0 radical (unpaired) electrons. The van der Waals surface area contributed by atoms with Gasteiger partial charge >= 0.3 is 0 Å². The van der Waals surface area contributed by atoms with E-state index >= 15 is 0 Å². The van der Waals surface area contributed by atoms with E-state index in [1.807, 2.05) is 45.4 Å². The van der Waals surface area contributed by atoms with Crippen LogP contribution >= 0.6 is 11.6 Å². The molecule has 1 aliphatic carbocycles. The van der Waals surface area contributed by atoms with Crippen LogP contribution in [0.3, 0.4) is 0 Å². The van der Waals surface area contributed by atoms with Crippen LogP contribution in [0, 0.1) is 0 Å². The van der Waals surface area contributed by atoms with Crippen molar-refractivity contribution in [1.29, 1.82) is 0 Å². The van der Waals surface area contributed by atoms with Crippen molar-refractivity contribution in [1.82, 2.24) is 24.3 Å². The van der Waals surface area contributed by atoms with E-state index in [2.05, 4.69) is 19.6 Å². The second-order valence-electron chi connectivity index (χ2n) is 9.84. The zero-order valence-corrected chi connectivity index (χ0v) is 21.1. The van der Waals surface area contributed by atoms with E-state index in [0.29, 0.717) is 23.2 Å². The molecule has 36 heavy (non-hydrogen) atoms. The van der Waals surface area contributed by atoms with Crippen LogP contribution < -0.4 is 10.5 Å². The van der Waals surface area contributed by atoms with Gasteiger partial charge in [-0.3, -0.25) is 4.68 Å². The summed E-state index contributed by atoms with van der Waals surface area (Å²) in [5.74, 6) is 0.175. The Bertz CT molecular complexity index is 1480. The zero-order valence-electron chi connectivity index (χ0n) is 20.3. The molecule has 0 unspecified atom stereocenters. The second kappa shape index (κ2) is 8.09. The first-order valence-electron chi connectivity index (χ1n) is 11.7. The lowest BCUT2D eigenvalue weighted by Gasteiger charge is -2.25. The van der Waals surface area contributed by atoms with Gasteiger partial charge < -0.3 is 29.6 Å². The maximum absolute atomic E-state index is 10.3. The number of hydrogen-bond donors (Lipinski definition) is 2. The molecule has 1 aromatic carbocycles. The minimum absolute atomic E-state index is 0.0619. The summed E-state index contributed by atoms with van der Waals surface area (Å²) in [4.78, 5) is 8.77. The first-order valence-corrected chi connectivity index (χ1v) is 12.1. The second-order valence-corrected chi connectivity index (χ2v) is 10.2. The molecule has 0 spiro atoms. The number of aryl methyl sites for hydroxylation is 1. The van der Waals surface area contributed by atoms with E-state index in [1.54, 1.807) is 23.9 Å². The number of ether oxygens (including phenoxy) is 3. The van der Waals surface area contributed by atoms with Crippen molar-refractivity contribution in [2.45, 2.75) is 50.2 Å². The van der Waals surface area contributed by atoms with Gasteiger partial charge in [0.15, 0.2) is 5.79 Å². The Labute approximate surface area is 212 Å². The summed E-state index contributed by atoms with van der Waals surface area (Å²) in [6, 6.07) is 7.04. The summed E-state index contributed by atoms with van der Waals surface area (Å²) in [6.07, 6.45) is 4.02. The van der Waals surface area contributed by atoms with Gasteiger partial charge in [-0.15, -0.1) is 0 Å². The lowest BCUT2D eigenvalue weighted by atomic mass is 9.94. The van der Waals surface area contributed by atoms with E-state index in [0.717, 1.165) is 16.8 Å². The number of phenols is 1. The third-order valence-corrected chi connectivity index (χ3v) is 7.20. The molecule has 4 heterocycles. The van der Waals surface area contributed by atoms with Crippen LogP contribution in [-0.4, -0.2) is 54.5 Å². The molecular weight excluding hydrogens is 484 g/mol. The van der Waals surface area contributed by atoms with Gasteiger partial charge in [0.2, 0.25) is 5.28 Å². The lowest BCUT2D eigenvalue weighted by molar-refractivity contribution is -0.157. The van der Waals surface area contributed by atoms with Crippen molar-refractivity contribution in [3.8, 4) is 22.8 Å². The van der Waals surface area contributed by atoms with Crippen molar-refractivity contribution in [3.05, 3.63) is 47.5 Å². The molecule has 1 saturated carbocycles. The average molecular weight is 511 g/mol. The van der Waals surface area contributed by atoms with Crippen LogP contribution in [0.25, 0.3) is 22.3 Å². The number of aromatic hydroxyl groups is 1. The highest BCUT2D eigenvalue weighted by Gasteiger charge is 2.55. The molecule has 10 nitrogen and oxygen atoms in total. The highest BCUT2D eigenvalue weighted by atomic mass is 35.5. The van der Waals surface area contributed by atoms with Crippen LogP contribution in [0.2, 0.25) is 5.28 Å². The van der Waals surface area contributed by atoms with Crippen LogP contribution in [0.5, 0.6) is 11.5 Å². The number of hydrogen-bond acceptors (Lipinski definition) is 8. The first-order chi connectivity index (χ1) is 17.1. The molecule has 2 aliphatic rings. The van der Waals surface area contributed by atoms with Crippen LogP contribution in [-0.2, 0) is 16.5 Å². The Morgan fingerprint density at radius 1 is 1.19 bits per heavy atom. The molecule has 3 N–H and O–H groups in total. The van der Waals surface area contributed by atoms with Crippen molar-refractivity contribution >= 4 is 28.5 Å². The summed E-state index contributed by atoms with van der Waals surface area (Å²) >= 11 is 6.26. The lowest BCUT2D eigenvalue weighted by Crippen LogP contribution is -2.27. The van der Waals surface area contributed by atoms with Gasteiger partial charge in [-0.1, -0.05) is 0 Å². The normalized spacial score (nSPS) is 24.9. The number of fused-ring (bicyclic) bond motifs is 2. The topological polar surface area (TPSA) is 122 Å². The number of nitrogens with two attached hydrogens (primary N) is 1. The Morgan fingerprint density at radius 2 is 1.97 bits per heavy atom. The predicted octanol–water partition coefficient (Wildman–Crippen LogP) is 4.03. The fourth-order valence-electron chi connectivity index (χ4n) is 5.64. The molecule has 4 atom stereocenters. The summed E-state index contributed by atoms with van der Waals surface area (Å²) in [7, 11) is 3.44. The van der Waals surface area contributed by atoms with E-state index in [1.165, 1.54) is 0 Å². The van der Waals surface area contributed by atoms with Gasteiger partial charge in [-0.25, -0.2) is 4.98 Å². The first kappa shape index (κ1) is 23.1. The number of nitrogens with zero attached hydrogens (tertiary/aromatic N) is 5. The van der Waals surface area contributed by atoms with E-state index < -0.39 is 5.79 Å². The Kier molecular flexibility index (Phi) is 5.19. The van der Waals surface area contributed by atoms with Crippen LogP contribution in [0.1, 0.15) is 37.8 Å². The minimum Gasteiger partial charge on any atom is -0.508 e. The smallest absolute Gasteiger partial charge is 0.226 e. The molecule has 6 rings (SSSR count). The Morgan fingerprint density at radius 3 is 2.69 bits per heavy atom. The predicted molar refractivity (Wildman–Crippen MR) is 134 cm³/mol. The third-order valence-electron chi connectivity index (χ3n) is 7.03. The molecule has 3 aromatic heterocycles. The number of benzene rings is 1. The van der Waals surface area contributed by atoms with Gasteiger partial charge in [-0.2, -0.15) is 10.1 Å². The van der Waals surface area contributed by atoms with E-state index in [9.17, 15) is 5.11 Å². The molecule has 11 heteroatoms. The SMILES string of the molecule is COc1cc(O)cc([C@H]2C[C@@H](n3cc(-c4ccn(C)n4)c4c(N)nc(Cl)nc43)[C@@H]3OC(C)(C)O[C@@H]32)c1. The molecular formula is C25H27ClN6O4. The van der Waals surface area contributed by atoms with Gasteiger partial charge in [0.05, 0.1) is 30.3 Å². The zero-order chi connectivity index (χ0) is 25.4. The molecule has 2 fully saturated rings. The molecule has 1 saturated heterocycles. The molecule has 4 aromatic rings.